The summed E-state index contributed by atoms with van der Waals surface area (Å²) in [7, 11) is 1.29. The Balaban J connectivity index is 2.54. The van der Waals surface area contributed by atoms with Gasteiger partial charge in [0, 0.05) is 11.6 Å². The largest absolute Gasteiger partial charge is 0.494 e. The van der Waals surface area contributed by atoms with Crippen LogP contribution in [0, 0.1) is 18.6 Å². The Morgan fingerprint density at radius 3 is 2.56 bits per heavy atom. The highest BCUT2D eigenvalue weighted by atomic mass is 19.1. The van der Waals surface area contributed by atoms with Gasteiger partial charge in [-0.15, -0.1) is 0 Å². The standard InChI is InChI=1S/C11H10F2N2O/c1-6-14-5-10(15-6)7-3-9(13)11(16-2)4-8(7)12/h3-5H,1-2H3,(H,14,15). The molecule has 0 saturated carbocycles. The first kappa shape index (κ1) is 10.6. The molecule has 0 fully saturated rings. The Morgan fingerprint density at radius 1 is 1.25 bits per heavy atom. The Kier molecular flexibility index (Phi) is 2.60. The summed E-state index contributed by atoms with van der Waals surface area (Å²) in [6.07, 6.45) is 1.46. The second-order valence-electron chi connectivity index (χ2n) is 3.35. The van der Waals surface area contributed by atoms with Crippen molar-refractivity contribution in [1.29, 1.82) is 0 Å². The Bertz CT molecular complexity index is 523. The molecule has 2 rings (SSSR count). The molecule has 1 heterocycles. The third-order valence-corrected chi connectivity index (χ3v) is 2.23. The average molecular weight is 224 g/mol. The molecule has 16 heavy (non-hydrogen) atoms. The highest BCUT2D eigenvalue weighted by molar-refractivity contribution is 5.60. The molecule has 0 atom stereocenters. The van der Waals surface area contributed by atoms with Gasteiger partial charge < -0.3 is 9.72 Å². The van der Waals surface area contributed by atoms with E-state index in [1.807, 2.05) is 0 Å². The zero-order valence-electron chi connectivity index (χ0n) is 8.84. The van der Waals surface area contributed by atoms with Crippen molar-refractivity contribution in [2.45, 2.75) is 6.92 Å². The molecule has 0 aliphatic heterocycles. The fourth-order valence-corrected chi connectivity index (χ4v) is 1.45. The first-order valence-corrected chi connectivity index (χ1v) is 4.67. The number of hydrogen-bond donors (Lipinski definition) is 1. The van der Waals surface area contributed by atoms with E-state index < -0.39 is 11.6 Å². The van der Waals surface area contributed by atoms with Gasteiger partial charge in [0.2, 0.25) is 0 Å². The predicted molar refractivity (Wildman–Crippen MR) is 55.2 cm³/mol. The van der Waals surface area contributed by atoms with Gasteiger partial charge in [-0.05, 0) is 13.0 Å². The van der Waals surface area contributed by atoms with Crippen LogP contribution in [0.1, 0.15) is 5.82 Å². The van der Waals surface area contributed by atoms with Crippen LogP contribution in [0.2, 0.25) is 0 Å². The maximum atomic E-state index is 13.6. The molecule has 0 unspecified atom stereocenters. The van der Waals surface area contributed by atoms with Gasteiger partial charge in [0.05, 0.1) is 19.0 Å². The highest BCUT2D eigenvalue weighted by Gasteiger charge is 2.13. The number of methoxy groups -OCH3 is 1. The van der Waals surface area contributed by atoms with E-state index in [0.717, 1.165) is 12.1 Å². The summed E-state index contributed by atoms with van der Waals surface area (Å²) in [5.74, 6) is -0.629. The van der Waals surface area contributed by atoms with E-state index in [9.17, 15) is 8.78 Å². The third kappa shape index (κ3) is 1.76. The number of nitrogens with one attached hydrogen (secondary N) is 1. The Hall–Kier alpha value is -1.91. The van der Waals surface area contributed by atoms with Crippen LogP contribution in [0.4, 0.5) is 8.78 Å². The topological polar surface area (TPSA) is 37.9 Å². The summed E-state index contributed by atoms with van der Waals surface area (Å²) >= 11 is 0. The summed E-state index contributed by atoms with van der Waals surface area (Å²) < 4.78 is 31.7. The molecule has 1 N–H and O–H groups in total. The predicted octanol–water partition coefficient (Wildman–Crippen LogP) is 2.67. The SMILES string of the molecule is COc1cc(F)c(-c2cnc(C)[nH]2)cc1F. The normalized spacial score (nSPS) is 10.5. The first-order valence-electron chi connectivity index (χ1n) is 4.67. The van der Waals surface area contributed by atoms with Crippen molar-refractivity contribution in [2.24, 2.45) is 0 Å². The molecular weight excluding hydrogens is 214 g/mol. The Labute approximate surface area is 91.1 Å². The van der Waals surface area contributed by atoms with Gasteiger partial charge in [-0.3, -0.25) is 0 Å². The Morgan fingerprint density at radius 2 is 2.00 bits per heavy atom. The van der Waals surface area contributed by atoms with Crippen molar-refractivity contribution < 1.29 is 13.5 Å². The third-order valence-electron chi connectivity index (χ3n) is 2.23. The molecular formula is C11H10F2N2O. The van der Waals surface area contributed by atoms with Gasteiger partial charge in [-0.25, -0.2) is 13.8 Å². The van der Waals surface area contributed by atoms with Crippen molar-refractivity contribution in [3.63, 3.8) is 0 Å². The lowest BCUT2D eigenvalue weighted by Crippen LogP contribution is -1.93. The quantitative estimate of drug-likeness (QED) is 0.851. The van der Waals surface area contributed by atoms with E-state index in [1.165, 1.54) is 13.3 Å². The highest BCUT2D eigenvalue weighted by Crippen LogP contribution is 2.27. The van der Waals surface area contributed by atoms with Gasteiger partial charge >= 0.3 is 0 Å². The van der Waals surface area contributed by atoms with E-state index in [0.29, 0.717) is 11.5 Å². The number of rotatable bonds is 2. The molecule has 0 bridgehead atoms. The maximum absolute atomic E-state index is 13.6. The minimum Gasteiger partial charge on any atom is -0.494 e. The smallest absolute Gasteiger partial charge is 0.165 e. The van der Waals surface area contributed by atoms with Gasteiger partial charge in [-0.1, -0.05) is 0 Å². The number of benzene rings is 1. The summed E-state index contributed by atoms with van der Waals surface area (Å²) in [5, 5.41) is 0. The molecule has 0 spiro atoms. The lowest BCUT2D eigenvalue weighted by atomic mass is 10.1. The maximum Gasteiger partial charge on any atom is 0.165 e. The van der Waals surface area contributed by atoms with Crippen molar-refractivity contribution in [3.05, 3.63) is 35.8 Å². The van der Waals surface area contributed by atoms with Crippen molar-refractivity contribution >= 4 is 0 Å². The fourth-order valence-electron chi connectivity index (χ4n) is 1.45. The molecule has 2 aromatic rings. The molecule has 0 amide bonds. The van der Waals surface area contributed by atoms with Crippen LogP contribution in [-0.4, -0.2) is 17.1 Å². The van der Waals surface area contributed by atoms with Crippen LogP contribution in [0.25, 0.3) is 11.3 Å². The summed E-state index contributed by atoms with van der Waals surface area (Å²) in [4.78, 5) is 6.77. The number of nitrogens with zero attached hydrogens (tertiary/aromatic N) is 1. The van der Waals surface area contributed by atoms with Crippen LogP contribution in [0.5, 0.6) is 5.75 Å². The van der Waals surface area contributed by atoms with Gasteiger partial charge in [-0.2, -0.15) is 0 Å². The molecule has 1 aromatic carbocycles. The van der Waals surface area contributed by atoms with Crippen molar-refractivity contribution in [1.82, 2.24) is 9.97 Å². The van der Waals surface area contributed by atoms with E-state index in [1.54, 1.807) is 6.92 Å². The number of aryl methyl sites for hydroxylation is 1. The van der Waals surface area contributed by atoms with Gasteiger partial charge in [0.15, 0.2) is 11.6 Å². The number of ether oxygens (including phenoxy) is 1. The van der Waals surface area contributed by atoms with Crippen LogP contribution >= 0.6 is 0 Å². The number of aromatic amines is 1. The lowest BCUT2D eigenvalue weighted by Gasteiger charge is -2.05. The monoisotopic (exact) mass is 224 g/mol. The van der Waals surface area contributed by atoms with Crippen molar-refractivity contribution in [2.75, 3.05) is 7.11 Å². The molecule has 3 nitrogen and oxygen atoms in total. The molecule has 0 aliphatic rings. The molecule has 84 valence electrons. The number of imidazole rings is 1. The van der Waals surface area contributed by atoms with Gasteiger partial charge in [0.1, 0.15) is 11.6 Å². The number of hydrogen-bond acceptors (Lipinski definition) is 2. The van der Waals surface area contributed by atoms with Crippen LogP contribution in [0.3, 0.4) is 0 Å². The molecule has 1 aromatic heterocycles. The second kappa shape index (κ2) is 3.92. The summed E-state index contributed by atoms with van der Waals surface area (Å²) in [6, 6.07) is 2.10. The number of aromatic nitrogens is 2. The molecule has 0 aliphatic carbocycles. The summed E-state index contributed by atoms with van der Waals surface area (Å²) in [6.45, 7) is 1.74. The molecule has 0 saturated heterocycles. The average Bonchev–Trinajstić information content (AvgIpc) is 2.67. The van der Waals surface area contributed by atoms with Gasteiger partial charge in [0.25, 0.3) is 0 Å². The molecule has 5 heteroatoms. The minimum atomic E-state index is -0.605. The fraction of sp³-hybridized carbons (Fsp3) is 0.182. The van der Waals surface area contributed by atoms with E-state index in [4.69, 9.17) is 0 Å². The number of halogens is 2. The number of H-pyrrole nitrogens is 1. The van der Waals surface area contributed by atoms with E-state index >= 15 is 0 Å². The van der Waals surface area contributed by atoms with Crippen LogP contribution in [-0.2, 0) is 0 Å². The first-order chi connectivity index (χ1) is 7.61. The second-order valence-corrected chi connectivity index (χ2v) is 3.35. The zero-order valence-corrected chi connectivity index (χ0v) is 8.84. The minimum absolute atomic E-state index is 0.113. The lowest BCUT2D eigenvalue weighted by molar-refractivity contribution is 0.383. The zero-order chi connectivity index (χ0) is 11.7. The van der Waals surface area contributed by atoms with E-state index in [-0.39, 0.29) is 11.3 Å². The summed E-state index contributed by atoms with van der Waals surface area (Å²) in [5.41, 5.74) is 0.579. The molecule has 0 radical (unpaired) electrons. The van der Waals surface area contributed by atoms with Crippen LogP contribution in [0.15, 0.2) is 18.3 Å². The van der Waals surface area contributed by atoms with Crippen molar-refractivity contribution in [3.8, 4) is 17.0 Å². The van der Waals surface area contributed by atoms with E-state index in [2.05, 4.69) is 14.7 Å². The van der Waals surface area contributed by atoms with Crippen LogP contribution < -0.4 is 4.74 Å².